The summed E-state index contributed by atoms with van der Waals surface area (Å²) in [6.07, 6.45) is 0. The van der Waals surface area contributed by atoms with Gasteiger partial charge in [0.15, 0.2) is 5.82 Å². The molecule has 0 spiro atoms. The van der Waals surface area contributed by atoms with Crippen LogP contribution < -0.4 is 4.84 Å². The zero-order valence-electron chi connectivity index (χ0n) is 12.8. The van der Waals surface area contributed by atoms with E-state index in [0.29, 0.717) is 21.2 Å². The molecule has 0 bridgehead atoms. The molecular weight excluding hydrogens is 328 g/mol. The number of aromatic hydroxyl groups is 2. The van der Waals surface area contributed by atoms with E-state index >= 15 is 0 Å². The van der Waals surface area contributed by atoms with Crippen LogP contribution >= 0.6 is 0 Å². The molecule has 1 amide bonds. The molecule has 0 fully saturated rings. The lowest BCUT2D eigenvalue weighted by molar-refractivity contribution is 0.0383. The van der Waals surface area contributed by atoms with Crippen molar-refractivity contribution in [2.24, 2.45) is 10.2 Å². The summed E-state index contributed by atoms with van der Waals surface area (Å²) in [6, 6.07) is 7.80. The first-order valence-corrected chi connectivity index (χ1v) is 7.19. The van der Waals surface area contributed by atoms with Gasteiger partial charge in [-0.1, -0.05) is 12.1 Å². The summed E-state index contributed by atoms with van der Waals surface area (Å²) >= 11 is 0. The summed E-state index contributed by atoms with van der Waals surface area (Å²) in [6.45, 7) is 1.62. The second-order valence-corrected chi connectivity index (χ2v) is 5.38. The number of hydrogen-bond acceptors (Lipinski definition) is 7. The zero-order chi connectivity index (χ0) is 17.7. The largest absolute Gasteiger partial charge is 0.492 e. The second kappa shape index (κ2) is 5.13. The van der Waals surface area contributed by atoms with Crippen LogP contribution in [0.4, 0.5) is 5.82 Å². The summed E-state index contributed by atoms with van der Waals surface area (Å²) in [5, 5.41) is 28.0. The van der Waals surface area contributed by atoms with Gasteiger partial charge < -0.3 is 15.1 Å². The van der Waals surface area contributed by atoms with Gasteiger partial charge in [-0.3, -0.25) is 4.79 Å². The normalized spacial score (nSPS) is 12.6. The minimum absolute atomic E-state index is 0.0306. The maximum Gasteiger partial charge on any atom is 0.364 e. The molecule has 1 aromatic carbocycles. The van der Waals surface area contributed by atoms with E-state index in [-0.39, 0.29) is 16.9 Å². The third-order valence-electron chi connectivity index (χ3n) is 3.77. The van der Waals surface area contributed by atoms with Crippen LogP contribution in [-0.4, -0.2) is 31.8 Å². The molecule has 124 valence electrons. The highest BCUT2D eigenvalue weighted by Crippen LogP contribution is 2.35. The van der Waals surface area contributed by atoms with Crippen molar-refractivity contribution in [2.45, 2.75) is 6.92 Å². The number of carbonyl (C=O) groups is 2. The van der Waals surface area contributed by atoms with Crippen molar-refractivity contribution in [1.82, 2.24) is 9.71 Å². The fourth-order valence-electron chi connectivity index (χ4n) is 2.65. The zero-order valence-corrected chi connectivity index (χ0v) is 12.8. The van der Waals surface area contributed by atoms with Gasteiger partial charge in [0.25, 0.3) is 5.91 Å². The highest BCUT2D eigenvalue weighted by Gasteiger charge is 2.29. The highest BCUT2D eigenvalue weighted by atomic mass is 16.7. The molecule has 0 unspecified atom stereocenters. The average Bonchev–Trinajstić information content (AvgIpc) is 3.08. The first-order valence-electron chi connectivity index (χ1n) is 7.19. The number of fused-ring (bicyclic) bond motifs is 2. The number of aromatic nitrogens is 2. The van der Waals surface area contributed by atoms with E-state index in [0.717, 1.165) is 0 Å². The number of rotatable bonds is 2. The van der Waals surface area contributed by atoms with Crippen molar-refractivity contribution in [3.8, 4) is 11.8 Å². The fraction of sp³-hybridized carbons (Fsp3) is 0.0625. The van der Waals surface area contributed by atoms with E-state index in [4.69, 9.17) is 4.84 Å². The van der Waals surface area contributed by atoms with Gasteiger partial charge in [0, 0.05) is 5.69 Å². The van der Waals surface area contributed by atoms with Crippen molar-refractivity contribution in [3.05, 3.63) is 47.2 Å². The van der Waals surface area contributed by atoms with Crippen molar-refractivity contribution in [3.63, 3.8) is 0 Å². The van der Waals surface area contributed by atoms with E-state index in [1.165, 1.54) is 6.07 Å². The summed E-state index contributed by atoms with van der Waals surface area (Å²) in [5.41, 5.74) is 0.255. The van der Waals surface area contributed by atoms with Crippen LogP contribution in [-0.2, 0) is 0 Å². The van der Waals surface area contributed by atoms with Gasteiger partial charge in [0.1, 0.15) is 5.56 Å². The Balaban J connectivity index is 1.79. The molecular formula is C16H10N4O5. The Kier molecular flexibility index (Phi) is 3.04. The molecule has 9 heteroatoms. The Morgan fingerprint density at radius 2 is 1.76 bits per heavy atom. The number of nitrogens with zero attached hydrogens (tertiary/aromatic N) is 4. The van der Waals surface area contributed by atoms with Gasteiger partial charge >= 0.3 is 5.97 Å². The van der Waals surface area contributed by atoms with Crippen LogP contribution in [0.1, 0.15) is 26.4 Å². The number of azo groups is 1. The van der Waals surface area contributed by atoms with Crippen LogP contribution in [0.5, 0.6) is 11.8 Å². The minimum Gasteiger partial charge on any atom is -0.492 e. The Morgan fingerprint density at radius 1 is 1.12 bits per heavy atom. The fourth-order valence-corrected chi connectivity index (χ4v) is 2.65. The molecule has 0 saturated heterocycles. The van der Waals surface area contributed by atoms with Gasteiger partial charge in [0.05, 0.1) is 16.3 Å². The van der Waals surface area contributed by atoms with Crippen LogP contribution in [0.15, 0.2) is 40.6 Å². The number of carbonyl (C=O) groups excluding carboxylic acids is 2. The second-order valence-electron chi connectivity index (χ2n) is 5.38. The molecule has 0 radical (unpaired) electrons. The molecule has 2 aromatic heterocycles. The Bertz CT molecular complexity index is 1060. The molecule has 3 heterocycles. The summed E-state index contributed by atoms with van der Waals surface area (Å²) in [7, 11) is 0. The molecule has 1 aliphatic heterocycles. The van der Waals surface area contributed by atoms with Gasteiger partial charge in [-0.05, 0) is 25.1 Å². The standard InChI is InChI=1S/C16H10N4O5/c1-7-6-10(11-12(17-7)18-19-13(11)21)16(24)25-20-14(22)8-4-2-3-5-9(8)15(20)23/h2-6,22-23H,1H3. The molecule has 25 heavy (non-hydrogen) atoms. The van der Waals surface area contributed by atoms with Crippen LogP contribution in [0, 0.1) is 6.92 Å². The predicted molar refractivity (Wildman–Crippen MR) is 84.0 cm³/mol. The maximum absolute atomic E-state index is 12.5. The molecule has 0 saturated carbocycles. The molecule has 0 atom stereocenters. The molecule has 9 nitrogen and oxygen atoms in total. The number of pyridine rings is 1. The average molecular weight is 338 g/mol. The van der Waals surface area contributed by atoms with E-state index in [1.807, 2.05) is 0 Å². The summed E-state index contributed by atoms with van der Waals surface area (Å²) in [4.78, 5) is 33.5. The summed E-state index contributed by atoms with van der Waals surface area (Å²) < 4.78 is 0.600. The molecule has 3 aromatic rings. The van der Waals surface area contributed by atoms with Crippen molar-refractivity contribution in [2.75, 3.05) is 0 Å². The Hall–Kier alpha value is -3.75. The molecule has 4 rings (SSSR count). The molecule has 2 N–H and O–H groups in total. The lowest BCUT2D eigenvalue weighted by Crippen LogP contribution is -2.21. The topological polar surface area (TPSA) is 126 Å². The first-order chi connectivity index (χ1) is 12.0. The highest BCUT2D eigenvalue weighted by molar-refractivity contribution is 6.10. The van der Waals surface area contributed by atoms with Crippen LogP contribution in [0.3, 0.4) is 0 Å². The Labute approximate surface area is 139 Å². The first kappa shape index (κ1) is 14.8. The van der Waals surface area contributed by atoms with Gasteiger partial charge in [-0.25, -0.2) is 9.78 Å². The third-order valence-corrected chi connectivity index (χ3v) is 3.77. The lowest BCUT2D eigenvalue weighted by atomic mass is 10.1. The lowest BCUT2D eigenvalue weighted by Gasteiger charge is -2.09. The predicted octanol–water partition coefficient (Wildman–Crippen LogP) is 2.26. The minimum atomic E-state index is -0.965. The Morgan fingerprint density at radius 3 is 2.40 bits per heavy atom. The number of amides is 1. The van der Waals surface area contributed by atoms with E-state index in [2.05, 4.69) is 15.2 Å². The van der Waals surface area contributed by atoms with Crippen molar-refractivity contribution >= 4 is 28.5 Å². The van der Waals surface area contributed by atoms with Crippen LogP contribution in [0.25, 0.3) is 10.8 Å². The number of hydrogen-bond donors (Lipinski definition) is 2. The smallest absolute Gasteiger partial charge is 0.364 e. The SMILES string of the molecule is Cc1cc(C(=O)On2c(O)c3ccccc3c2O)c2c(n1)N=NC2=O. The maximum atomic E-state index is 12.5. The molecule has 0 aliphatic carbocycles. The van der Waals surface area contributed by atoms with E-state index in [9.17, 15) is 19.8 Å². The van der Waals surface area contributed by atoms with Gasteiger partial charge in [0.2, 0.25) is 11.8 Å². The molecule has 1 aliphatic rings. The number of benzene rings is 1. The van der Waals surface area contributed by atoms with Gasteiger partial charge in [-0.2, -0.15) is 0 Å². The van der Waals surface area contributed by atoms with Gasteiger partial charge in [-0.15, -0.1) is 15.0 Å². The number of aryl methyl sites for hydroxylation is 1. The van der Waals surface area contributed by atoms with E-state index < -0.39 is 23.6 Å². The monoisotopic (exact) mass is 338 g/mol. The third kappa shape index (κ3) is 2.13. The quantitative estimate of drug-likeness (QED) is 0.738. The van der Waals surface area contributed by atoms with E-state index in [1.54, 1.807) is 31.2 Å². The van der Waals surface area contributed by atoms with Crippen molar-refractivity contribution in [1.29, 1.82) is 0 Å². The van der Waals surface area contributed by atoms with Crippen molar-refractivity contribution < 1.29 is 24.6 Å². The summed E-state index contributed by atoms with van der Waals surface area (Å²) in [5.74, 6) is -2.52. The van der Waals surface area contributed by atoms with Crippen LogP contribution in [0.2, 0.25) is 0 Å².